The molecule has 1 aromatic heterocycles. The van der Waals surface area contributed by atoms with Crippen LogP contribution in [0.5, 0.6) is 11.5 Å². The van der Waals surface area contributed by atoms with E-state index >= 15 is 0 Å². The van der Waals surface area contributed by atoms with Crippen LogP contribution in [0.2, 0.25) is 0 Å². The molecule has 0 atom stereocenters. The molecule has 0 radical (unpaired) electrons. The van der Waals surface area contributed by atoms with Crippen LogP contribution in [0.3, 0.4) is 0 Å². The van der Waals surface area contributed by atoms with Crippen molar-refractivity contribution in [3.8, 4) is 17.2 Å². The number of hydrogen-bond donors (Lipinski definition) is 1. The van der Waals surface area contributed by atoms with Crippen molar-refractivity contribution in [1.29, 1.82) is 0 Å². The summed E-state index contributed by atoms with van der Waals surface area (Å²) < 4.78 is 18.5. The van der Waals surface area contributed by atoms with Gasteiger partial charge in [-0.25, -0.2) is 4.79 Å². The Morgan fingerprint density at radius 2 is 1.56 bits per heavy atom. The van der Waals surface area contributed by atoms with Gasteiger partial charge in [0.2, 0.25) is 0 Å². The number of ether oxygens (including phenoxy) is 3. The van der Waals surface area contributed by atoms with Crippen molar-refractivity contribution in [1.82, 2.24) is 9.88 Å². The molecule has 1 aliphatic rings. The van der Waals surface area contributed by atoms with E-state index in [2.05, 4.69) is 39.0 Å². The maximum absolute atomic E-state index is 12.6. The Labute approximate surface area is 253 Å². The molecule has 0 bridgehead atoms. The number of amides is 1. The maximum atomic E-state index is 12.6. The Balaban J connectivity index is 1.15. The monoisotopic (exact) mass is 583 g/mol. The number of hydrogen-bond acceptors (Lipinski definition) is 6. The molecule has 1 amide bonds. The van der Waals surface area contributed by atoms with Crippen molar-refractivity contribution in [2.75, 3.05) is 38.8 Å². The Morgan fingerprint density at radius 1 is 0.907 bits per heavy atom. The van der Waals surface area contributed by atoms with Gasteiger partial charge in [-0.2, -0.15) is 0 Å². The molecule has 0 spiro atoms. The summed E-state index contributed by atoms with van der Waals surface area (Å²) in [6.07, 6.45) is 3.94. The zero-order valence-corrected chi connectivity index (χ0v) is 25.5. The molecule has 8 heteroatoms. The van der Waals surface area contributed by atoms with Crippen molar-refractivity contribution in [2.24, 2.45) is 5.92 Å². The smallest absolute Gasteiger partial charge is 0.407 e. The Bertz CT molecular complexity index is 1550. The third-order valence-electron chi connectivity index (χ3n) is 8.42. The summed E-state index contributed by atoms with van der Waals surface area (Å²) in [5.74, 6) is 1.91. The molecule has 0 unspecified atom stereocenters. The van der Waals surface area contributed by atoms with E-state index < -0.39 is 0 Å². The van der Waals surface area contributed by atoms with Gasteiger partial charge in [0.1, 0.15) is 6.61 Å². The van der Waals surface area contributed by atoms with Crippen LogP contribution in [0.1, 0.15) is 54.2 Å². The van der Waals surface area contributed by atoms with Crippen molar-refractivity contribution in [2.45, 2.75) is 46.1 Å². The van der Waals surface area contributed by atoms with Crippen LogP contribution in [0.4, 0.5) is 10.5 Å². The molecular weight excluding hydrogens is 542 g/mol. The average molecular weight is 584 g/mol. The number of aromatic nitrogens is 1. The predicted molar refractivity (Wildman–Crippen MR) is 170 cm³/mol. The van der Waals surface area contributed by atoms with E-state index in [1.165, 1.54) is 5.69 Å². The van der Waals surface area contributed by atoms with E-state index in [9.17, 15) is 9.59 Å². The fraction of sp³-hybridized carbons (Fsp3) is 0.371. The number of carbonyl (C=O) groups is 2. The number of fused-ring (bicyclic) bond motifs is 1. The van der Waals surface area contributed by atoms with Gasteiger partial charge in [-0.15, -0.1) is 0 Å². The first-order chi connectivity index (χ1) is 20.9. The molecule has 5 rings (SSSR count). The Kier molecular flexibility index (Phi) is 9.55. The summed E-state index contributed by atoms with van der Waals surface area (Å²) in [6, 6.07) is 22.1. The second-order valence-electron chi connectivity index (χ2n) is 11.2. The Morgan fingerprint density at radius 3 is 2.21 bits per heavy atom. The van der Waals surface area contributed by atoms with Crippen molar-refractivity contribution in [3.63, 3.8) is 0 Å². The minimum atomic E-state index is -0.360. The number of carbonyl (C=O) groups excluding carboxylic acids is 2. The maximum Gasteiger partial charge on any atom is 0.407 e. The average Bonchev–Trinajstić information content (AvgIpc) is 3.32. The lowest BCUT2D eigenvalue weighted by molar-refractivity contribution is 0.101. The van der Waals surface area contributed by atoms with Crippen molar-refractivity contribution < 1.29 is 23.8 Å². The number of rotatable bonds is 11. The van der Waals surface area contributed by atoms with E-state index in [1.807, 2.05) is 49.4 Å². The van der Waals surface area contributed by atoms with Gasteiger partial charge in [0.15, 0.2) is 17.3 Å². The summed E-state index contributed by atoms with van der Waals surface area (Å²) in [5.41, 5.74) is 5.68. The first-order valence-corrected chi connectivity index (χ1v) is 15.0. The van der Waals surface area contributed by atoms with Crippen LogP contribution in [-0.2, 0) is 11.3 Å². The number of anilines is 1. The summed E-state index contributed by atoms with van der Waals surface area (Å²) in [6.45, 7) is 6.52. The lowest BCUT2D eigenvalue weighted by Gasteiger charge is -2.33. The summed E-state index contributed by atoms with van der Waals surface area (Å²) in [7, 11) is 3.22. The number of alkyl carbamates (subject to hydrolysis) is 1. The summed E-state index contributed by atoms with van der Waals surface area (Å²) in [4.78, 5) is 27.1. The fourth-order valence-corrected chi connectivity index (χ4v) is 6.17. The molecule has 43 heavy (non-hydrogen) atoms. The van der Waals surface area contributed by atoms with Gasteiger partial charge in [-0.3, -0.25) is 4.79 Å². The Hall–Kier alpha value is -4.46. The molecule has 2 heterocycles. The molecule has 0 saturated carbocycles. The minimum Gasteiger partial charge on any atom is -0.493 e. The van der Waals surface area contributed by atoms with Gasteiger partial charge in [-0.1, -0.05) is 30.3 Å². The van der Waals surface area contributed by atoms with Gasteiger partial charge < -0.3 is 29.0 Å². The number of nitrogens with one attached hydrogen (secondary N) is 1. The van der Waals surface area contributed by atoms with E-state index in [-0.39, 0.29) is 18.5 Å². The molecule has 1 N–H and O–H groups in total. The second-order valence-corrected chi connectivity index (χ2v) is 11.2. The zero-order valence-electron chi connectivity index (χ0n) is 25.5. The number of benzene rings is 3. The van der Waals surface area contributed by atoms with Crippen LogP contribution in [-0.4, -0.2) is 50.3 Å². The number of methoxy groups -OCH3 is 2. The van der Waals surface area contributed by atoms with E-state index in [4.69, 9.17) is 14.2 Å². The molecule has 1 aliphatic heterocycles. The molecule has 4 aromatic rings. The highest BCUT2D eigenvalue weighted by Gasteiger charge is 2.22. The quantitative estimate of drug-likeness (QED) is 0.150. The van der Waals surface area contributed by atoms with E-state index in [0.717, 1.165) is 66.6 Å². The zero-order chi connectivity index (χ0) is 30.3. The number of nitrogens with zero attached hydrogens (tertiary/aromatic N) is 2. The summed E-state index contributed by atoms with van der Waals surface area (Å²) in [5, 5.41) is 3.73. The highest BCUT2D eigenvalue weighted by atomic mass is 16.5. The number of ketones is 1. The molecule has 3 aromatic carbocycles. The van der Waals surface area contributed by atoms with Gasteiger partial charge in [0, 0.05) is 53.7 Å². The fourth-order valence-electron chi connectivity index (χ4n) is 6.17. The van der Waals surface area contributed by atoms with Gasteiger partial charge >= 0.3 is 6.09 Å². The largest absolute Gasteiger partial charge is 0.493 e. The third kappa shape index (κ3) is 6.79. The predicted octanol–water partition coefficient (Wildman–Crippen LogP) is 7.08. The first-order valence-electron chi connectivity index (χ1n) is 15.0. The van der Waals surface area contributed by atoms with Crippen LogP contribution in [0, 0.1) is 12.8 Å². The lowest BCUT2D eigenvalue weighted by atomic mass is 9.92. The number of piperidine rings is 1. The van der Waals surface area contributed by atoms with Crippen LogP contribution < -0.4 is 19.7 Å². The van der Waals surface area contributed by atoms with Gasteiger partial charge in [-0.05, 0) is 81.3 Å². The number of Topliss-reactive ketones (excluding diaryl/α,β-unsaturated/α-hetero) is 1. The molecule has 8 nitrogen and oxygen atoms in total. The molecule has 226 valence electrons. The lowest BCUT2D eigenvalue weighted by Crippen LogP contribution is -2.34. The molecule has 1 saturated heterocycles. The third-order valence-corrected chi connectivity index (χ3v) is 8.42. The van der Waals surface area contributed by atoms with E-state index in [1.54, 1.807) is 21.1 Å². The highest BCUT2D eigenvalue weighted by Crippen LogP contribution is 2.38. The van der Waals surface area contributed by atoms with Gasteiger partial charge in [0.05, 0.1) is 19.7 Å². The standard InChI is InChI=1S/C35H41N3O5/c1-24-34(25(2)39)30-21-32(41-3)33(42-4)22-31(30)38(24)29-14-12-28(13-15-29)37-19-16-26(17-20-37)11-8-18-36-35(40)43-23-27-9-6-5-7-10-27/h5-7,9-10,12-15,21-22,26H,8,11,16-20,23H2,1-4H3,(H,36,40). The molecule has 0 aliphatic carbocycles. The van der Waals surface area contributed by atoms with E-state index in [0.29, 0.717) is 29.5 Å². The van der Waals surface area contributed by atoms with Crippen LogP contribution in [0.25, 0.3) is 16.6 Å². The highest BCUT2D eigenvalue weighted by molar-refractivity contribution is 6.09. The van der Waals surface area contributed by atoms with Crippen molar-refractivity contribution in [3.05, 3.63) is 83.6 Å². The van der Waals surface area contributed by atoms with Gasteiger partial charge in [0.25, 0.3) is 0 Å². The van der Waals surface area contributed by atoms with Crippen molar-refractivity contribution >= 4 is 28.5 Å². The minimum absolute atomic E-state index is 0.0201. The molecular formula is C35H41N3O5. The first kappa shape index (κ1) is 30.0. The SMILES string of the molecule is COc1cc2c(C(C)=O)c(C)n(-c3ccc(N4CCC(CCCNC(=O)OCc5ccccc5)CC4)cc3)c2cc1OC. The normalized spacial score (nSPS) is 13.6. The van der Waals surface area contributed by atoms with Crippen LogP contribution >= 0.6 is 0 Å². The summed E-state index contributed by atoms with van der Waals surface area (Å²) >= 11 is 0. The second kappa shape index (κ2) is 13.7. The van der Waals surface area contributed by atoms with Crippen LogP contribution in [0.15, 0.2) is 66.7 Å². The topological polar surface area (TPSA) is 82.0 Å². The molecule has 1 fully saturated rings.